The molecule has 4 heterocycles. The molecule has 2 aliphatic rings. The Balaban J connectivity index is 0.000000172. The molecule has 1 saturated heterocycles. The Hall–Kier alpha value is -6.12. The van der Waals surface area contributed by atoms with Gasteiger partial charge in [-0.2, -0.15) is 0 Å². The summed E-state index contributed by atoms with van der Waals surface area (Å²) >= 11 is 6.43. The molecule has 2 amide bonds. The van der Waals surface area contributed by atoms with Gasteiger partial charge in [0.05, 0.1) is 42.6 Å². The first-order chi connectivity index (χ1) is 26.6. The highest BCUT2D eigenvalue weighted by molar-refractivity contribution is 9.10. The van der Waals surface area contributed by atoms with Crippen LogP contribution in [0.3, 0.4) is 0 Å². The number of pyridine rings is 2. The number of fused-ring (bicyclic) bond motifs is 2. The van der Waals surface area contributed by atoms with Crippen molar-refractivity contribution in [1.29, 1.82) is 5.41 Å². The molecule has 0 spiro atoms. The van der Waals surface area contributed by atoms with Crippen molar-refractivity contribution < 1.29 is 42.9 Å². The molecule has 3 N–H and O–H groups in total. The molecule has 0 unspecified atom stereocenters. The van der Waals surface area contributed by atoms with Gasteiger partial charge in [-0.05, 0) is 77.3 Å². The largest absolute Gasteiger partial charge is 0.494 e. The second-order valence-electron chi connectivity index (χ2n) is 12.5. The summed E-state index contributed by atoms with van der Waals surface area (Å²) in [4.78, 5) is 59.2. The predicted octanol–water partition coefficient (Wildman–Crippen LogP) is 7.64. The van der Waals surface area contributed by atoms with Crippen LogP contribution in [0.25, 0.3) is 4.85 Å². The van der Waals surface area contributed by atoms with Crippen molar-refractivity contribution in [3.05, 3.63) is 144 Å². The van der Waals surface area contributed by atoms with Crippen LogP contribution in [0.15, 0.2) is 82.0 Å². The van der Waals surface area contributed by atoms with Gasteiger partial charge in [-0.25, -0.2) is 18.4 Å². The SMILES string of the molecule is N=C1c2cc(Br)cnc2C(=O)c2c1c(O)n(Cc1ccc(F)cc1)c2O.O=C1CCC(=O)N1Cc1ccc(F)cc1.[C-]#[N+]c1cc(Br)cnc1C(=O)OC(C)C. The molecule has 0 radical (unpaired) electrons. The van der Waals surface area contributed by atoms with E-state index in [1.165, 1.54) is 59.8 Å². The fraction of sp³-hybridized carbons (Fsp3) is 0.179. The lowest BCUT2D eigenvalue weighted by molar-refractivity contribution is -0.139. The summed E-state index contributed by atoms with van der Waals surface area (Å²) in [5, 5.41) is 29.4. The molecular formula is C39H30Br2F2N6O7. The number of carbonyl (C=O) groups excluding carboxylic acids is 4. The Morgan fingerprint density at radius 2 is 1.39 bits per heavy atom. The molecule has 0 atom stereocenters. The zero-order valence-electron chi connectivity index (χ0n) is 29.5. The number of esters is 1. The molecule has 1 fully saturated rings. The van der Waals surface area contributed by atoms with E-state index in [-0.39, 0.29) is 76.3 Å². The normalized spacial score (nSPS) is 12.9. The average molecular weight is 893 g/mol. The Kier molecular flexibility index (Phi) is 12.9. The van der Waals surface area contributed by atoms with Crippen molar-refractivity contribution in [3.8, 4) is 11.8 Å². The van der Waals surface area contributed by atoms with Gasteiger partial charge in [0.25, 0.3) is 0 Å². The van der Waals surface area contributed by atoms with Crippen molar-refractivity contribution in [2.75, 3.05) is 0 Å². The van der Waals surface area contributed by atoms with Crippen LogP contribution in [0.4, 0.5) is 14.5 Å². The lowest BCUT2D eigenvalue weighted by Gasteiger charge is -2.15. The predicted molar refractivity (Wildman–Crippen MR) is 205 cm³/mol. The van der Waals surface area contributed by atoms with Crippen molar-refractivity contribution in [1.82, 2.24) is 19.4 Å². The Morgan fingerprint density at radius 1 is 0.875 bits per heavy atom. The molecule has 1 aliphatic carbocycles. The quantitative estimate of drug-likeness (QED) is 0.0861. The number of carbonyl (C=O) groups is 4. The van der Waals surface area contributed by atoms with Gasteiger partial charge in [0.1, 0.15) is 17.3 Å². The highest BCUT2D eigenvalue weighted by atomic mass is 79.9. The minimum absolute atomic E-state index is 0.0129. The van der Waals surface area contributed by atoms with E-state index in [9.17, 15) is 38.2 Å². The molecule has 0 saturated carbocycles. The number of nitrogens with one attached hydrogen (secondary N) is 1. The Morgan fingerprint density at radius 3 is 1.95 bits per heavy atom. The highest BCUT2D eigenvalue weighted by Gasteiger charge is 2.38. The third-order valence-electron chi connectivity index (χ3n) is 8.18. The molecule has 2 aromatic carbocycles. The van der Waals surface area contributed by atoms with Gasteiger partial charge in [-0.1, -0.05) is 40.2 Å². The second kappa shape index (κ2) is 17.6. The van der Waals surface area contributed by atoms with Crippen molar-refractivity contribution in [3.63, 3.8) is 0 Å². The molecule has 13 nitrogen and oxygen atoms in total. The number of benzene rings is 2. The average Bonchev–Trinajstić information content (AvgIpc) is 3.61. The molecule has 1 aliphatic heterocycles. The van der Waals surface area contributed by atoms with E-state index in [1.807, 2.05) is 0 Å². The van der Waals surface area contributed by atoms with Gasteiger partial charge >= 0.3 is 5.97 Å². The molecule has 286 valence electrons. The number of nitrogens with zero attached hydrogens (tertiary/aromatic N) is 5. The fourth-order valence-corrected chi connectivity index (χ4v) is 6.19. The second-order valence-corrected chi connectivity index (χ2v) is 14.3. The van der Waals surface area contributed by atoms with E-state index in [1.54, 1.807) is 32.0 Å². The number of imide groups is 1. The smallest absolute Gasteiger partial charge is 0.346 e. The van der Waals surface area contributed by atoms with Crippen LogP contribution in [0.1, 0.15) is 75.5 Å². The van der Waals surface area contributed by atoms with Gasteiger partial charge in [0.2, 0.25) is 35.0 Å². The number of aromatic nitrogens is 3. The maximum atomic E-state index is 13.1. The minimum atomic E-state index is -0.566. The number of amides is 2. The van der Waals surface area contributed by atoms with Gasteiger partial charge in [-0.15, -0.1) is 0 Å². The number of hydrogen-bond donors (Lipinski definition) is 3. The Bertz CT molecular complexity index is 2400. The van der Waals surface area contributed by atoms with Crippen LogP contribution in [0, 0.1) is 23.6 Å². The molecular weight excluding hydrogens is 862 g/mol. The van der Waals surface area contributed by atoms with Gasteiger partial charge in [0.15, 0.2) is 5.69 Å². The van der Waals surface area contributed by atoms with Crippen molar-refractivity contribution in [2.45, 2.75) is 45.9 Å². The van der Waals surface area contributed by atoms with Crippen molar-refractivity contribution >= 4 is 66.8 Å². The van der Waals surface area contributed by atoms with E-state index >= 15 is 0 Å². The zero-order chi connectivity index (χ0) is 40.8. The van der Waals surface area contributed by atoms with Crippen LogP contribution < -0.4 is 0 Å². The third-order valence-corrected chi connectivity index (χ3v) is 9.05. The molecule has 3 aromatic heterocycles. The van der Waals surface area contributed by atoms with Gasteiger partial charge < -0.3 is 14.9 Å². The topological polar surface area (TPSA) is 180 Å². The number of rotatable bonds is 6. The monoisotopic (exact) mass is 890 g/mol. The van der Waals surface area contributed by atoms with E-state index < -0.39 is 29.3 Å². The van der Waals surface area contributed by atoms with Gasteiger partial charge in [0, 0.05) is 39.7 Å². The maximum Gasteiger partial charge on any atom is 0.346 e. The summed E-state index contributed by atoms with van der Waals surface area (Å²) in [6.45, 7) is 10.7. The fourth-order valence-electron chi connectivity index (χ4n) is 5.54. The number of ketones is 1. The molecule has 0 bridgehead atoms. The molecule has 17 heteroatoms. The summed E-state index contributed by atoms with van der Waals surface area (Å²) < 4.78 is 33.0. The van der Waals surface area contributed by atoms with Crippen LogP contribution in [0.2, 0.25) is 0 Å². The lowest BCUT2D eigenvalue weighted by Crippen LogP contribution is -2.28. The number of aromatic hydroxyl groups is 2. The van der Waals surface area contributed by atoms with Crippen LogP contribution >= 0.6 is 31.9 Å². The summed E-state index contributed by atoms with van der Waals surface area (Å²) in [7, 11) is 0. The van der Waals surface area contributed by atoms with E-state index in [0.717, 1.165) is 10.1 Å². The molecule has 56 heavy (non-hydrogen) atoms. The van der Waals surface area contributed by atoms with Crippen LogP contribution in [-0.4, -0.2) is 65.0 Å². The summed E-state index contributed by atoms with van der Waals surface area (Å²) in [6.07, 6.45) is 3.26. The highest BCUT2D eigenvalue weighted by Crippen LogP contribution is 2.41. The standard InChI is InChI=1S/C18H11BrFN3O3.C11H10FNO2.C10H9BrN2O2/c19-9-5-11-14(21)12-13(16(24)15(11)22-6-9)18(26)23(17(12)25)7-8-1-3-10(20)4-2-8;12-9-3-1-8(2-4-9)7-13-10(14)5-6-11(13)15;1-6(2)15-10(14)9-8(12-3)4-7(11)5-13-9/h1-6,21,25-26H,7H2;1-4H,5-7H2;4-6H,1-2H3. The first kappa shape index (κ1) is 41.1. The Labute approximate surface area is 335 Å². The van der Waals surface area contributed by atoms with Gasteiger partial charge in [-0.3, -0.25) is 39.2 Å². The first-order valence-electron chi connectivity index (χ1n) is 16.6. The zero-order valence-corrected chi connectivity index (χ0v) is 32.7. The number of ether oxygens (including phenoxy) is 1. The third kappa shape index (κ3) is 9.21. The van der Waals surface area contributed by atoms with E-state index in [4.69, 9.17) is 16.7 Å². The number of likely N-dealkylation sites (tertiary alicyclic amines) is 1. The van der Waals surface area contributed by atoms with Crippen LogP contribution in [0.5, 0.6) is 11.8 Å². The minimum Gasteiger partial charge on any atom is -0.494 e. The molecule has 5 aromatic rings. The number of hydrogen-bond acceptors (Lipinski definition) is 10. The maximum absolute atomic E-state index is 13.1. The summed E-state index contributed by atoms with van der Waals surface area (Å²) in [5.41, 5.74) is 1.64. The summed E-state index contributed by atoms with van der Waals surface area (Å²) in [6, 6.07) is 14.4. The lowest BCUT2D eigenvalue weighted by atomic mass is 9.89. The number of halogens is 4. The first-order valence-corrected chi connectivity index (χ1v) is 18.2. The molecule has 7 rings (SSSR count). The van der Waals surface area contributed by atoms with Crippen LogP contribution in [-0.2, 0) is 27.4 Å². The summed E-state index contributed by atoms with van der Waals surface area (Å²) in [5.74, 6) is -3.00. The van der Waals surface area contributed by atoms with E-state index in [0.29, 0.717) is 27.4 Å². The van der Waals surface area contributed by atoms with E-state index in [2.05, 4.69) is 46.7 Å². The van der Waals surface area contributed by atoms with Crippen molar-refractivity contribution in [2.24, 2.45) is 0 Å².